The molecule has 0 spiro atoms. The van der Waals surface area contributed by atoms with E-state index in [1.807, 2.05) is 6.33 Å². The van der Waals surface area contributed by atoms with E-state index >= 15 is 0 Å². The quantitative estimate of drug-likeness (QED) is 0.904. The van der Waals surface area contributed by atoms with Crippen molar-refractivity contribution in [1.82, 2.24) is 9.97 Å². The van der Waals surface area contributed by atoms with Gasteiger partial charge in [0, 0.05) is 11.6 Å². The Hall–Kier alpha value is -1.77. The fourth-order valence-corrected chi connectivity index (χ4v) is 4.36. The molecule has 1 saturated carbocycles. The minimum atomic E-state index is 0.215. The summed E-state index contributed by atoms with van der Waals surface area (Å²) in [6, 6.07) is 6.59. The standard InChI is InChI=1S/C17H20N2O/c1-20-13-6-5-12-9-17(16-10-18-11-19-16)7-3-2-4-15(17)14(12)8-13/h5-6,8,10-11,15H,2-4,7,9H2,1H3,(H,18,19). The van der Waals surface area contributed by atoms with Crippen LogP contribution >= 0.6 is 0 Å². The molecule has 2 atom stereocenters. The molecule has 0 aliphatic heterocycles. The molecule has 2 aliphatic carbocycles. The zero-order chi connectivity index (χ0) is 13.6. The molecule has 1 aromatic heterocycles. The number of methoxy groups -OCH3 is 1. The molecule has 1 aromatic carbocycles. The van der Waals surface area contributed by atoms with Gasteiger partial charge in [0.2, 0.25) is 0 Å². The number of imidazole rings is 1. The zero-order valence-electron chi connectivity index (χ0n) is 11.9. The van der Waals surface area contributed by atoms with Gasteiger partial charge in [-0.05, 0) is 48.4 Å². The molecule has 1 N–H and O–H groups in total. The molecule has 0 bridgehead atoms. The van der Waals surface area contributed by atoms with Crippen molar-refractivity contribution in [3.63, 3.8) is 0 Å². The molecule has 3 heteroatoms. The van der Waals surface area contributed by atoms with Crippen LogP contribution in [0, 0.1) is 0 Å². The van der Waals surface area contributed by atoms with E-state index in [4.69, 9.17) is 4.74 Å². The summed E-state index contributed by atoms with van der Waals surface area (Å²) in [6.07, 6.45) is 10.2. The fourth-order valence-electron chi connectivity index (χ4n) is 4.36. The number of aromatic amines is 1. The summed E-state index contributed by atoms with van der Waals surface area (Å²) in [5, 5.41) is 0. The van der Waals surface area contributed by atoms with Gasteiger partial charge in [-0.25, -0.2) is 4.98 Å². The van der Waals surface area contributed by atoms with E-state index in [0.29, 0.717) is 5.92 Å². The summed E-state index contributed by atoms with van der Waals surface area (Å²) in [6.45, 7) is 0. The van der Waals surface area contributed by atoms with Crippen LogP contribution in [0.3, 0.4) is 0 Å². The Labute approximate surface area is 119 Å². The lowest BCUT2D eigenvalue weighted by Crippen LogP contribution is -2.34. The van der Waals surface area contributed by atoms with Crippen LogP contribution in [-0.4, -0.2) is 17.1 Å². The van der Waals surface area contributed by atoms with Crippen molar-refractivity contribution >= 4 is 0 Å². The highest BCUT2D eigenvalue weighted by Gasteiger charge is 2.49. The van der Waals surface area contributed by atoms with Gasteiger partial charge in [-0.3, -0.25) is 0 Å². The van der Waals surface area contributed by atoms with E-state index in [-0.39, 0.29) is 5.41 Å². The van der Waals surface area contributed by atoms with Crippen molar-refractivity contribution in [2.75, 3.05) is 7.11 Å². The van der Waals surface area contributed by atoms with Crippen LogP contribution in [0.4, 0.5) is 0 Å². The lowest BCUT2D eigenvalue weighted by Gasteiger charge is -2.38. The normalized spacial score (nSPS) is 27.9. The fraction of sp³-hybridized carbons (Fsp3) is 0.471. The second kappa shape index (κ2) is 4.37. The van der Waals surface area contributed by atoms with Gasteiger partial charge < -0.3 is 9.72 Å². The van der Waals surface area contributed by atoms with Crippen molar-refractivity contribution in [2.45, 2.75) is 43.4 Å². The first kappa shape index (κ1) is 12.0. The smallest absolute Gasteiger partial charge is 0.119 e. The van der Waals surface area contributed by atoms with Crippen LogP contribution in [0.5, 0.6) is 5.75 Å². The van der Waals surface area contributed by atoms with Crippen molar-refractivity contribution in [1.29, 1.82) is 0 Å². The van der Waals surface area contributed by atoms with Crippen LogP contribution in [-0.2, 0) is 11.8 Å². The van der Waals surface area contributed by atoms with E-state index in [9.17, 15) is 0 Å². The number of aromatic nitrogens is 2. The minimum Gasteiger partial charge on any atom is -0.497 e. The average Bonchev–Trinajstić information content (AvgIpc) is 3.13. The van der Waals surface area contributed by atoms with Crippen LogP contribution in [0.1, 0.15) is 48.4 Å². The molecule has 104 valence electrons. The minimum absolute atomic E-state index is 0.215. The molecule has 2 aliphatic rings. The highest BCUT2D eigenvalue weighted by molar-refractivity contribution is 5.48. The molecule has 0 saturated heterocycles. The largest absolute Gasteiger partial charge is 0.497 e. The molecule has 2 unspecified atom stereocenters. The summed E-state index contributed by atoms with van der Waals surface area (Å²) in [5.41, 5.74) is 4.44. The van der Waals surface area contributed by atoms with Crippen molar-refractivity contribution in [3.8, 4) is 5.75 Å². The van der Waals surface area contributed by atoms with Gasteiger partial charge >= 0.3 is 0 Å². The lowest BCUT2D eigenvalue weighted by molar-refractivity contribution is 0.261. The predicted octanol–water partition coefficient (Wildman–Crippen LogP) is 3.57. The Morgan fingerprint density at radius 3 is 3.10 bits per heavy atom. The molecular weight excluding hydrogens is 248 g/mol. The van der Waals surface area contributed by atoms with E-state index in [2.05, 4.69) is 34.4 Å². The second-order valence-electron chi connectivity index (χ2n) is 6.15. The zero-order valence-corrected chi connectivity index (χ0v) is 11.9. The maximum absolute atomic E-state index is 5.42. The molecule has 20 heavy (non-hydrogen) atoms. The Morgan fingerprint density at radius 2 is 2.30 bits per heavy atom. The van der Waals surface area contributed by atoms with E-state index in [1.54, 1.807) is 7.11 Å². The van der Waals surface area contributed by atoms with Crippen molar-refractivity contribution in [2.24, 2.45) is 0 Å². The van der Waals surface area contributed by atoms with Gasteiger partial charge in [0.05, 0.1) is 19.1 Å². The summed E-state index contributed by atoms with van der Waals surface area (Å²) in [7, 11) is 1.75. The first-order chi connectivity index (χ1) is 9.83. The Kier molecular flexibility index (Phi) is 2.62. The SMILES string of the molecule is COc1ccc2c(c1)C1CCCCC1(c1c[nH]cn1)C2. The highest BCUT2D eigenvalue weighted by atomic mass is 16.5. The van der Waals surface area contributed by atoms with Gasteiger partial charge in [0.25, 0.3) is 0 Å². The molecular formula is C17H20N2O. The molecule has 1 heterocycles. The van der Waals surface area contributed by atoms with Crippen LogP contribution in [0.2, 0.25) is 0 Å². The summed E-state index contributed by atoms with van der Waals surface area (Å²) >= 11 is 0. The third kappa shape index (κ3) is 1.55. The predicted molar refractivity (Wildman–Crippen MR) is 78.2 cm³/mol. The molecule has 2 aromatic rings. The second-order valence-corrected chi connectivity index (χ2v) is 6.15. The average molecular weight is 268 g/mol. The highest BCUT2D eigenvalue weighted by Crippen LogP contribution is 2.56. The topological polar surface area (TPSA) is 37.9 Å². The number of ether oxygens (including phenoxy) is 1. The van der Waals surface area contributed by atoms with E-state index < -0.39 is 0 Å². The van der Waals surface area contributed by atoms with Gasteiger partial charge in [0.15, 0.2) is 0 Å². The molecule has 3 nitrogen and oxygen atoms in total. The summed E-state index contributed by atoms with van der Waals surface area (Å²) in [4.78, 5) is 7.76. The third-order valence-electron chi connectivity index (χ3n) is 5.28. The number of nitrogens with zero attached hydrogens (tertiary/aromatic N) is 1. The number of rotatable bonds is 2. The van der Waals surface area contributed by atoms with Gasteiger partial charge in [-0.15, -0.1) is 0 Å². The van der Waals surface area contributed by atoms with Crippen LogP contribution in [0.15, 0.2) is 30.7 Å². The monoisotopic (exact) mass is 268 g/mol. The summed E-state index contributed by atoms with van der Waals surface area (Å²) in [5.74, 6) is 1.58. The maximum atomic E-state index is 5.42. The Morgan fingerprint density at radius 1 is 1.35 bits per heavy atom. The number of fused-ring (bicyclic) bond motifs is 3. The molecule has 4 rings (SSSR count). The molecule has 0 amide bonds. The number of hydrogen-bond donors (Lipinski definition) is 1. The molecule has 0 radical (unpaired) electrons. The van der Waals surface area contributed by atoms with Gasteiger partial charge in [-0.2, -0.15) is 0 Å². The van der Waals surface area contributed by atoms with Crippen molar-refractivity contribution in [3.05, 3.63) is 47.5 Å². The number of benzene rings is 1. The Bertz CT molecular complexity index is 620. The molecule has 1 fully saturated rings. The van der Waals surface area contributed by atoms with E-state index in [0.717, 1.165) is 12.2 Å². The van der Waals surface area contributed by atoms with Gasteiger partial charge in [0.1, 0.15) is 5.75 Å². The van der Waals surface area contributed by atoms with Crippen LogP contribution < -0.4 is 4.74 Å². The Balaban J connectivity index is 1.84. The first-order valence-corrected chi connectivity index (χ1v) is 7.49. The van der Waals surface area contributed by atoms with E-state index in [1.165, 1.54) is 42.5 Å². The van der Waals surface area contributed by atoms with Gasteiger partial charge in [-0.1, -0.05) is 18.9 Å². The first-order valence-electron chi connectivity index (χ1n) is 7.49. The maximum Gasteiger partial charge on any atom is 0.119 e. The van der Waals surface area contributed by atoms with Crippen molar-refractivity contribution < 1.29 is 4.74 Å². The summed E-state index contributed by atoms with van der Waals surface area (Å²) < 4.78 is 5.42. The van der Waals surface area contributed by atoms with Crippen LogP contribution in [0.25, 0.3) is 0 Å². The third-order valence-corrected chi connectivity index (χ3v) is 5.28. The number of nitrogens with one attached hydrogen (secondary N) is 1. The number of hydrogen-bond acceptors (Lipinski definition) is 2. The number of H-pyrrole nitrogens is 1. The lowest BCUT2D eigenvalue weighted by atomic mass is 9.65.